The number of hydrogen-bond donors (Lipinski definition) is 2. The van der Waals surface area contributed by atoms with Crippen molar-refractivity contribution in [1.29, 1.82) is 0 Å². The molecule has 0 aromatic carbocycles. The van der Waals surface area contributed by atoms with E-state index in [1.807, 2.05) is 0 Å². The smallest absolute Gasteiger partial charge is 0.0229 e. The fourth-order valence-corrected chi connectivity index (χ4v) is 3.64. The lowest BCUT2D eigenvalue weighted by Gasteiger charge is -2.29. The van der Waals surface area contributed by atoms with Crippen LogP contribution in [0.2, 0.25) is 0 Å². The van der Waals surface area contributed by atoms with Gasteiger partial charge in [-0.3, -0.25) is 0 Å². The van der Waals surface area contributed by atoms with Gasteiger partial charge in [0.05, 0.1) is 0 Å². The number of piperazine rings is 1. The van der Waals surface area contributed by atoms with Crippen molar-refractivity contribution in [2.75, 3.05) is 13.1 Å². The molecule has 2 N–H and O–H groups in total. The van der Waals surface area contributed by atoms with E-state index in [0.29, 0.717) is 0 Å². The van der Waals surface area contributed by atoms with Crippen LogP contribution in [0.1, 0.15) is 27.7 Å². The standard InChI is InChI=1S/C12H24N2/c1-7(2)11-9-5-13-6-10(14-9)12(11)8(3)4/h7-14H,5-6H2,1-4H3. The molecule has 0 spiro atoms. The first-order valence-corrected chi connectivity index (χ1v) is 6.08. The van der Waals surface area contributed by atoms with Crippen LogP contribution in [0.4, 0.5) is 0 Å². The van der Waals surface area contributed by atoms with Gasteiger partial charge in [0.25, 0.3) is 0 Å². The molecule has 0 saturated carbocycles. The second-order valence-electron chi connectivity index (χ2n) is 5.68. The van der Waals surface area contributed by atoms with E-state index in [1.165, 1.54) is 13.1 Å². The van der Waals surface area contributed by atoms with Gasteiger partial charge in [-0.15, -0.1) is 0 Å². The first-order chi connectivity index (χ1) is 6.61. The van der Waals surface area contributed by atoms with Crippen molar-refractivity contribution in [1.82, 2.24) is 10.6 Å². The van der Waals surface area contributed by atoms with Gasteiger partial charge in [0.15, 0.2) is 0 Å². The van der Waals surface area contributed by atoms with Crippen LogP contribution in [-0.4, -0.2) is 25.2 Å². The van der Waals surface area contributed by atoms with Crippen LogP contribution in [0.3, 0.4) is 0 Å². The van der Waals surface area contributed by atoms with Gasteiger partial charge in [-0.1, -0.05) is 27.7 Å². The lowest BCUT2D eigenvalue weighted by molar-refractivity contribution is 0.218. The highest BCUT2D eigenvalue weighted by molar-refractivity contribution is 5.04. The summed E-state index contributed by atoms with van der Waals surface area (Å²) in [5.41, 5.74) is 0. The van der Waals surface area contributed by atoms with Crippen molar-refractivity contribution >= 4 is 0 Å². The van der Waals surface area contributed by atoms with Gasteiger partial charge in [0.2, 0.25) is 0 Å². The summed E-state index contributed by atoms with van der Waals surface area (Å²) >= 11 is 0. The zero-order valence-electron chi connectivity index (χ0n) is 9.88. The number of rotatable bonds is 2. The normalized spacial score (nSPS) is 42.4. The minimum absolute atomic E-state index is 0.723. The summed E-state index contributed by atoms with van der Waals surface area (Å²) in [6.07, 6.45) is 0. The van der Waals surface area contributed by atoms with E-state index >= 15 is 0 Å². The van der Waals surface area contributed by atoms with Crippen LogP contribution in [0.25, 0.3) is 0 Å². The number of fused-ring (bicyclic) bond motifs is 2. The highest BCUT2D eigenvalue weighted by atomic mass is 15.1. The van der Waals surface area contributed by atoms with Gasteiger partial charge in [-0.2, -0.15) is 0 Å². The highest BCUT2D eigenvalue weighted by Crippen LogP contribution is 2.39. The average Bonchev–Trinajstić information content (AvgIpc) is 2.37. The monoisotopic (exact) mass is 196 g/mol. The molecule has 0 aliphatic carbocycles. The summed E-state index contributed by atoms with van der Waals surface area (Å²) in [5.74, 6) is 3.36. The van der Waals surface area contributed by atoms with Crippen molar-refractivity contribution < 1.29 is 0 Å². The summed E-state index contributed by atoms with van der Waals surface area (Å²) in [5, 5.41) is 7.34. The van der Waals surface area contributed by atoms with Crippen molar-refractivity contribution in [3.05, 3.63) is 0 Å². The third-order valence-electron chi connectivity index (χ3n) is 4.07. The Morgan fingerprint density at radius 2 is 1.29 bits per heavy atom. The second-order valence-corrected chi connectivity index (χ2v) is 5.68. The Labute approximate surface area is 87.8 Å². The van der Waals surface area contributed by atoms with Gasteiger partial charge < -0.3 is 10.6 Å². The maximum Gasteiger partial charge on any atom is 0.0229 e. The quantitative estimate of drug-likeness (QED) is 0.699. The molecule has 82 valence electrons. The Bertz CT molecular complexity index is 180. The largest absolute Gasteiger partial charge is 0.314 e. The fourth-order valence-electron chi connectivity index (χ4n) is 3.64. The van der Waals surface area contributed by atoms with Gasteiger partial charge in [-0.05, 0) is 23.7 Å². The van der Waals surface area contributed by atoms with Crippen molar-refractivity contribution in [3.63, 3.8) is 0 Å². The maximum atomic E-state index is 3.79. The molecule has 4 unspecified atom stereocenters. The lowest BCUT2D eigenvalue weighted by atomic mass is 9.74. The third kappa shape index (κ3) is 1.59. The molecule has 14 heavy (non-hydrogen) atoms. The molecular formula is C12H24N2. The first-order valence-electron chi connectivity index (χ1n) is 6.08. The predicted molar refractivity (Wildman–Crippen MR) is 60.2 cm³/mol. The van der Waals surface area contributed by atoms with Crippen LogP contribution >= 0.6 is 0 Å². The van der Waals surface area contributed by atoms with E-state index in [1.54, 1.807) is 0 Å². The van der Waals surface area contributed by atoms with Crippen LogP contribution in [0.15, 0.2) is 0 Å². The molecule has 2 fully saturated rings. The predicted octanol–water partition coefficient (Wildman–Crippen LogP) is 1.47. The molecule has 2 heteroatoms. The minimum Gasteiger partial charge on any atom is -0.314 e. The second kappa shape index (κ2) is 3.82. The van der Waals surface area contributed by atoms with E-state index in [-0.39, 0.29) is 0 Å². The van der Waals surface area contributed by atoms with E-state index in [4.69, 9.17) is 0 Å². The Hall–Kier alpha value is -0.0800. The summed E-state index contributed by atoms with van der Waals surface area (Å²) < 4.78 is 0. The number of hydrogen-bond acceptors (Lipinski definition) is 2. The van der Waals surface area contributed by atoms with E-state index in [9.17, 15) is 0 Å². The molecule has 0 aromatic rings. The average molecular weight is 196 g/mol. The van der Waals surface area contributed by atoms with Crippen LogP contribution in [0.5, 0.6) is 0 Å². The van der Waals surface area contributed by atoms with Crippen LogP contribution < -0.4 is 10.6 Å². The lowest BCUT2D eigenvalue weighted by Crippen LogP contribution is -2.50. The molecule has 0 aromatic heterocycles. The molecule has 2 heterocycles. The van der Waals surface area contributed by atoms with Crippen molar-refractivity contribution in [3.8, 4) is 0 Å². The van der Waals surface area contributed by atoms with Crippen LogP contribution in [-0.2, 0) is 0 Å². The van der Waals surface area contributed by atoms with Crippen molar-refractivity contribution in [2.24, 2.45) is 23.7 Å². The van der Waals surface area contributed by atoms with Gasteiger partial charge in [0.1, 0.15) is 0 Å². The minimum atomic E-state index is 0.723. The molecule has 2 aliphatic rings. The first kappa shape index (κ1) is 10.4. The van der Waals surface area contributed by atoms with Gasteiger partial charge >= 0.3 is 0 Å². The fraction of sp³-hybridized carbons (Fsp3) is 1.00. The zero-order chi connectivity index (χ0) is 10.3. The number of nitrogens with one attached hydrogen (secondary N) is 2. The Morgan fingerprint density at radius 1 is 0.857 bits per heavy atom. The molecule has 0 amide bonds. The summed E-state index contributed by atoms with van der Waals surface area (Å²) in [6.45, 7) is 11.8. The van der Waals surface area contributed by atoms with Gasteiger partial charge in [0, 0.05) is 25.2 Å². The molecular weight excluding hydrogens is 172 g/mol. The highest BCUT2D eigenvalue weighted by Gasteiger charge is 2.46. The van der Waals surface area contributed by atoms with E-state index < -0.39 is 0 Å². The van der Waals surface area contributed by atoms with Crippen molar-refractivity contribution in [2.45, 2.75) is 39.8 Å². The molecule has 4 atom stereocenters. The molecule has 2 rings (SSSR count). The van der Waals surface area contributed by atoms with Gasteiger partial charge in [-0.25, -0.2) is 0 Å². The third-order valence-corrected chi connectivity index (χ3v) is 4.07. The molecule has 2 aliphatic heterocycles. The Kier molecular flexibility index (Phi) is 2.85. The molecule has 2 nitrogen and oxygen atoms in total. The maximum absolute atomic E-state index is 3.79. The zero-order valence-corrected chi connectivity index (χ0v) is 9.88. The van der Waals surface area contributed by atoms with E-state index in [0.717, 1.165) is 35.8 Å². The topological polar surface area (TPSA) is 24.1 Å². The van der Waals surface area contributed by atoms with E-state index in [2.05, 4.69) is 38.3 Å². The Morgan fingerprint density at radius 3 is 1.64 bits per heavy atom. The molecule has 2 bridgehead atoms. The summed E-state index contributed by atoms with van der Waals surface area (Å²) in [4.78, 5) is 0. The summed E-state index contributed by atoms with van der Waals surface area (Å²) in [6, 6.07) is 1.45. The Balaban J connectivity index is 2.18. The van der Waals surface area contributed by atoms with Crippen LogP contribution in [0, 0.1) is 23.7 Å². The SMILES string of the molecule is CC(C)C1C2CNCC(N2)C1C(C)C. The summed E-state index contributed by atoms with van der Waals surface area (Å²) in [7, 11) is 0. The molecule has 0 radical (unpaired) electrons. The molecule has 2 saturated heterocycles.